The summed E-state index contributed by atoms with van der Waals surface area (Å²) in [4.78, 5) is 13.6. The highest BCUT2D eigenvalue weighted by Gasteiger charge is 2.20. The highest BCUT2D eigenvalue weighted by atomic mass is 16.5. The summed E-state index contributed by atoms with van der Waals surface area (Å²) in [5, 5.41) is 1.04. The van der Waals surface area contributed by atoms with E-state index in [4.69, 9.17) is 14.9 Å². The highest BCUT2D eigenvalue weighted by molar-refractivity contribution is 5.79. The normalized spacial score (nSPS) is 12.6. The number of carbonyl (C=O) groups is 1. The van der Waals surface area contributed by atoms with Crippen LogP contribution in [0.3, 0.4) is 0 Å². The summed E-state index contributed by atoms with van der Waals surface area (Å²) in [5.41, 5.74) is 6.15. The summed E-state index contributed by atoms with van der Waals surface area (Å²) >= 11 is 0. The number of furan rings is 1. The van der Waals surface area contributed by atoms with Crippen molar-refractivity contribution in [3.63, 3.8) is 0 Å². The van der Waals surface area contributed by atoms with Crippen molar-refractivity contribution in [1.29, 1.82) is 0 Å². The molecule has 0 saturated carbocycles. The molecule has 0 radical (unpaired) electrons. The molecule has 2 rings (SSSR count). The summed E-state index contributed by atoms with van der Waals surface area (Å²) in [5.74, 6) is 0.673. The molecule has 2 aromatic rings. The second kappa shape index (κ2) is 6.54. The first-order valence-corrected chi connectivity index (χ1v) is 6.65. The summed E-state index contributed by atoms with van der Waals surface area (Å²) in [6.45, 7) is 2.77. The Morgan fingerprint density at radius 3 is 2.90 bits per heavy atom. The van der Waals surface area contributed by atoms with Crippen LogP contribution in [0.4, 0.5) is 0 Å². The van der Waals surface area contributed by atoms with Gasteiger partial charge in [0.1, 0.15) is 18.0 Å². The van der Waals surface area contributed by atoms with Gasteiger partial charge in [0, 0.05) is 19.0 Å². The molecular weight excluding hydrogens is 256 g/mol. The van der Waals surface area contributed by atoms with E-state index in [1.165, 1.54) is 0 Å². The van der Waals surface area contributed by atoms with E-state index >= 15 is 0 Å². The fraction of sp³-hybridized carbons (Fsp3) is 0.400. The van der Waals surface area contributed by atoms with Crippen LogP contribution in [0.25, 0.3) is 11.0 Å². The summed E-state index contributed by atoms with van der Waals surface area (Å²) in [6.07, 6.45) is 0. The Balaban J connectivity index is 2.05. The molecule has 20 heavy (non-hydrogen) atoms. The van der Waals surface area contributed by atoms with Gasteiger partial charge in [0.25, 0.3) is 0 Å². The van der Waals surface area contributed by atoms with E-state index in [0.717, 1.165) is 16.7 Å². The SMILES string of the molecule is CC(c1cc2ccccc2o1)N(C)C(=O)COCCN. The zero-order valence-corrected chi connectivity index (χ0v) is 11.8. The van der Waals surface area contributed by atoms with Gasteiger partial charge in [-0.1, -0.05) is 18.2 Å². The molecule has 5 heteroatoms. The third-order valence-electron chi connectivity index (χ3n) is 3.32. The van der Waals surface area contributed by atoms with Crippen LogP contribution in [0.1, 0.15) is 18.7 Å². The number of para-hydroxylation sites is 1. The van der Waals surface area contributed by atoms with E-state index < -0.39 is 0 Å². The van der Waals surface area contributed by atoms with Crippen molar-refractivity contribution in [1.82, 2.24) is 4.90 Å². The molecule has 0 fully saturated rings. The molecule has 1 aromatic carbocycles. The number of ether oxygens (including phenoxy) is 1. The quantitative estimate of drug-likeness (QED) is 0.818. The maximum absolute atomic E-state index is 12.0. The van der Waals surface area contributed by atoms with Crippen molar-refractivity contribution in [2.75, 3.05) is 26.8 Å². The van der Waals surface area contributed by atoms with Crippen LogP contribution in [-0.4, -0.2) is 37.6 Å². The third kappa shape index (κ3) is 3.18. The van der Waals surface area contributed by atoms with Crippen molar-refractivity contribution < 1.29 is 13.9 Å². The van der Waals surface area contributed by atoms with Gasteiger partial charge in [-0.2, -0.15) is 0 Å². The van der Waals surface area contributed by atoms with Gasteiger partial charge in [0.2, 0.25) is 5.91 Å². The summed E-state index contributed by atoms with van der Waals surface area (Å²) in [6, 6.07) is 9.61. The fourth-order valence-electron chi connectivity index (χ4n) is 1.96. The number of benzene rings is 1. The van der Waals surface area contributed by atoms with Crippen LogP contribution < -0.4 is 5.73 Å². The lowest BCUT2D eigenvalue weighted by Gasteiger charge is -2.23. The molecule has 1 amide bonds. The molecule has 1 aromatic heterocycles. The van der Waals surface area contributed by atoms with Gasteiger partial charge in [0.15, 0.2) is 0 Å². The Morgan fingerprint density at radius 2 is 2.20 bits per heavy atom. The molecule has 1 heterocycles. The van der Waals surface area contributed by atoms with Gasteiger partial charge in [-0.25, -0.2) is 0 Å². The largest absolute Gasteiger partial charge is 0.459 e. The van der Waals surface area contributed by atoms with Crippen molar-refractivity contribution in [2.45, 2.75) is 13.0 Å². The van der Waals surface area contributed by atoms with Crippen LogP contribution in [0.5, 0.6) is 0 Å². The molecule has 1 atom stereocenters. The summed E-state index contributed by atoms with van der Waals surface area (Å²) in [7, 11) is 1.74. The smallest absolute Gasteiger partial charge is 0.248 e. The number of fused-ring (bicyclic) bond motifs is 1. The highest BCUT2D eigenvalue weighted by Crippen LogP contribution is 2.26. The Morgan fingerprint density at radius 1 is 1.45 bits per heavy atom. The molecule has 0 bridgehead atoms. The first-order valence-electron chi connectivity index (χ1n) is 6.65. The minimum absolute atomic E-state index is 0.0399. The van der Waals surface area contributed by atoms with E-state index in [-0.39, 0.29) is 18.6 Å². The monoisotopic (exact) mass is 276 g/mol. The minimum atomic E-state index is -0.142. The Bertz CT molecular complexity index is 546. The van der Waals surface area contributed by atoms with Crippen LogP contribution in [0, 0.1) is 0 Å². The fourth-order valence-corrected chi connectivity index (χ4v) is 1.96. The van der Waals surface area contributed by atoms with E-state index in [9.17, 15) is 4.79 Å². The maximum Gasteiger partial charge on any atom is 0.248 e. The topological polar surface area (TPSA) is 68.7 Å². The van der Waals surface area contributed by atoms with Gasteiger partial charge in [0.05, 0.1) is 12.6 Å². The molecule has 1 unspecified atom stereocenters. The van der Waals surface area contributed by atoms with Crippen molar-refractivity contribution in [3.8, 4) is 0 Å². The molecule has 0 aliphatic carbocycles. The Hall–Kier alpha value is -1.85. The molecule has 0 saturated heterocycles. The van der Waals surface area contributed by atoms with Crippen LogP contribution >= 0.6 is 0 Å². The zero-order chi connectivity index (χ0) is 14.5. The number of rotatable bonds is 6. The van der Waals surface area contributed by atoms with E-state index in [1.54, 1.807) is 11.9 Å². The lowest BCUT2D eigenvalue weighted by Crippen LogP contribution is -2.33. The average molecular weight is 276 g/mol. The zero-order valence-electron chi connectivity index (χ0n) is 11.8. The number of hydrogen-bond acceptors (Lipinski definition) is 4. The lowest BCUT2D eigenvalue weighted by molar-refractivity contribution is -0.136. The average Bonchev–Trinajstić information content (AvgIpc) is 2.89. The molecular formula is C15H20N2O3. The number of carbonyl (C=O) groups excluding carboxylic acids is 1. The van der Waals surface area contributed by atoms with E-state index in [0.29, 0.717) is 13.2 Å². The van der Waals surface area contributed by atoms with Crippen LogP contribution in [0.2, 0.25) is 0 Å². The second-order valence-electron chi connectivity index (χ2n) is 4.71. The van der Waals surface area contributed by atoms with Crippen LogP contribution in [0.15, 0.2) is 34.7 Å². The van der Waals surface area contributed by atoms with Gasteiger partial charge < -0.3 is 19.8 Å². The maximum atomic E-state index is 12.0. The lowest BCUT2D eigenvalue weighted by atomic mass is 10.2. The summed E-state index contributed by atoms with van der Waals surface area (Å²) < 4.78 is 10.9. The predicted octanol–water partition coefficient (Wildman–Crippen LogP) is 1.93. The molecule has 5 nitrogen and oxygen atoms in total. The molecule has 0 spiro atoms. The third-order valence-corrected chi connectivity index (χ3v) is 3.32. The number of nitrogens with zero attached hydrogens (tertiary/aromatic N) is 1. The van der Waals surface area contributed by atoms with E-state index in [2.05, 4.69) is 0 Å². The first kappa shape index (κ1) is 14.6. The Labute approximate surface area is 118 Å². The van der Waals surface area contributed by atoms with Crippen LogP contribution in [-0.2, 0) is 9.53 Å². The van der Waals surface area contributed by atoms with Gasteiger partial charge in [-0.3, -0.25) is 4.79 Å². The second-order valence-corrected chi connectivity index (χ2v) is 4.71. The standard InChI is InChI=1S/C15H20N2O3/c1-11(17(2)15(18)10-19-8-7-16)14-9-12-5-3-4-6-13(12)20-14/h3-6,9,11H,7-8,10,16H2,1-2H3. The van der Waals surface area contributed by atoms with Gasteiger partial charge in [-0.05, 0) is 19.1 Å². The number of likely N-dealkylation sites (N-methyl/N-ethyl adjacent to an activating group) is 1. The molecule has 0 aliphatic heterocycles. The van der Waals surface area contributed by atoms with Gasteiger partial charge in [-0.15, -0.1) is 0 Å². The number of hydrogen-bond donors (Lipinski definition) is 1. The molecule has 108 valence electrons. The van der Waals surface area contributed by atoms with Crippen molar-refractivity contribution in [2.24, 2.45) is 5.73 Å². The van der Waals surface area contributed by atoms with Crippen molar-refractivity contribution >= 4 is 16.9 Å². The first-order chi connectivity index (χ1) is 9.63. The number of nitrogens with two attached hydrogens (primary N) is 1. The minimum Gasteiger partial charge on any atom is -0.459 e. The number of amides is 1. The molecule has 0 aliphatic rings. The molecule has 2 N–H and O–H groups in total. The van der Waals surface area contributed by atoms with Gasteiger partial charge >= 0.3 is 0 Å². The van der Waals surface area contributed by atoms with E-state index in [1.807, 2.05) is 37.3 Å². The van der Waals surface area contributed by atoms with Crippen molar-refractivity contribution in [3.05, 3.63) is 36.1 Å². The Kier molecular flexibility index (Phi) is 4.76. The predicted molar refractivity (Wildman–Crippen MR) is 77.3 cm³/mol.